The van der Waals surface area contributed by atoms with Crippen molar-refractivity contribution in [2.24, 2.45) is 4.99 Å². The van der Waals surface area contributed by atoms with E-state index in [4.69, 9.17) is 20.9 Å². The van der Waals surface area contributed by atoms with Crippen molar-refractivity contribution in [3.05, 3.63) is 73.3 Å². The van der Waals surface area contributed by atoms with Gasteiger partial charge in [0, 0.05) is 11.9 Å². The van der Waals surface area contributed by atoms with Crippen molar-refractivity contribution in [1.29, 1.82) is 0 Å². The first-order valence-electron chi connectivity index (χ1n) is 10.6. The molecule has 36 heavy (non-hydrogen) atoms. The summed E-state index contributed by atoms with van der Waals surface area (Å²) >= 11 is 7.27. The number of nitrogens with one attached hydrogen (secondary N) is 1. The van der Waals surface area contributed by atoms with Crippen LogP contribution in [0.2, 0.25) is 5.02 Å². The average molecular weight is 548 g/mol. The molecule has 0 spiro atoms. The van der Waals surface area contributed by atoms with Crippen LogP contribution in [0.25, 0.3) is 0 Å². The van der Waals surface area contributed by atoms with Gasteiger partial charge in [0.15, 0.2) is 0 Å². The highest BCUT2D eigenvalue weighted by atomic mass is 35.5. The van der Waals surface area contributed by atoms with Crippen molar-refractivity contribution in [2.75, 3.05) is 12.4 Å². The van der Waals surface area contributed by atoms with Crippen molar-refractivity contribution in [1.82, 2.24) is 5.16 Å². The van der Waals surface area contributed by atoms with E-state index in [1.807, 2.05) is 0 Å². The number of ether oxygens (including phenoxy) is 1. The molecule has 1 aromatic carbocycles. The van der Waals surface area contributed by atoms with Gasteiger partial charge in [-0.2, -0.15) is 0 Å². The van der Waals surface area contributed by atoms with Crippen LogP contribution in [-0.4, -0.2) is 38.8 Å². The SMILES string of the molecule is COC(=O)c1c(C)cc(C)c(NC(=O)c2sccc2S(=O)(=O)C2(c3onc(C)c3Cl)C=CC=N2)c1C. The van der Waals surface area contributed by atoms with E-state index >= 15 is 0 Å². The third-order valence-corrected chi connectivity index (χ3v) is 9.58. The molecule has 0 saturated carbocycles. The van der Waals surface area contributed by atoms with E-state index in [1.54, 1.807) is 33.8 Å². The van der Waals surface area contributed by atoms with E-state index in [0.717, 1.165) is 11.3 Å². The van der Waals surface area contributed by atoms with Gasteiger partial charge in [-0.25, -0.2) is 13.2 Å². The first kappa shape index (κ1) is 25.8. The minimum absolute atomic E-state index is 0.0322. The molecule has 4 rings (SSSR count). The molecule has 9 nitrogen and oxygen atoms in total. The number of aromatic nitrogens is 1. The number of halogens is 1. The summed E-state index contributed by atoms with van der Waals surface area (Å²) in [6, 6.07) is 3.09. The summed E-state index contributed by atoms with van der Waals surface area (Å²) in [7, 11) is -3.09. The maximum atomic E-state index is 14.0. The Bertz CT molecular complexity index is 1550. The number of allylic oxidation sites excluding steroid dienone is 1. The highest BCUT2D eigenvalue weighted by Gasteiger charge is 2.52. The number of carbonyl (C=O) groups excluding carboxylic acids is 2. The quantitative estimate of drug-likeness (QED) is 0.433. The molecule has 188 valence electrons. The number of aliphatic imine (C=N–C) groups is 1. The maximum absolute atomic E-state index is 14.0. The number of carbonyl (C=O) groups is 2. The van der Waals surface area contributed by atoms with E-state index in [9.17, 15) is 18.0 Å². The molecule has 3 heterocycles. The Balaban J connectivity index is 1.79. The van der Waals surface area contributed by atoms with Gasteiger partial charge in [-0.3, -0.25) is 9.79 Å². The lowest BCUT2D eigenvalue weighted by molar-refractivity contribution is 0.0599. The predicted octanol–water partition coefficient (Wildman–Crippen LogP) is 4.93. The molecule has 0 bridgehead atoms. The molecule has 1 aliphatic rings. The van der Waals surface area contributed by atoms with E-state index in [0.29, 0.717) is 33.6 Å². The number of sulfone groups is 1. The molecule has 1 unspecified atom stereocenters. The number of benzene rings is 1. The number of thiophene rings is 1. The van der Waals surface area contributed by atoms with Crippen LogP contribution in [0.1, 0.15) is 48.2 Å². The molecule has 0 radical (unpaired) electrons. The molecule has 3 aromatic rings. The fourth-order valence-electron chi connectivity index (χ4n) is 4.17. The Morgan fingerprint density at radius 2 is 1.92 bits per heavy atom. The molecular formula is C24H22ClN3O6S2. The molecule has 0 aliphatic carbocycles. The van der Waals surface area contributed by atoms with Crippen molar-refractivity contribution >= 4 is 56.6 Å². The van der Waals surface area contributed by atoms with Gasteiger partial charge in [0.05, 0.1) is 23.3 Å². The minimum Gasteiger partial charge on any atom is -0.465 e. The zero-order valence-corrected chi connectivity index (χ0v) is 22.4. The van der Waals surface area contributed by atoms with Crippen LogP contribution in [0.15, 0.2) is 44.1 Å². The van der Waals surface area contributed by atoms with E-state index in [-0.39, 0.29) is 20.6 Å². The Labute approximate surface area is 216 Å². The minimum atomic E-state index is -4.37. The zero-order valence-electron chi connectivity index (χ0n) is 20.0. The number of methoxy groups -OCH3 is 1. The van der Waals surface area contributed by atoms with Gasteiger partial charge in [-0.05, 0) is 68.0 Å². The second-order valence-corrected chi connectivity index (χ2v) is 11.6. The topological polar surface area (TPSA) is 128 Å². The molecule has 0 fully saturated rings. The van der Waals surface area contributed by atoms with Crippen LogP contribution >= 0.6 is 22.9 Å². The lowest BCUT2D eigenvalue weighted by Crippen LogP contribution is -2.32. The van der Waals surface area contributed by atoms with Crippen LogP contribution in [0.5, 0.6) is 0 Å². The summed E-state index contributed by atoms with van der Waals surface area (Å²) in [5.41, 5.74) is 2.95. The van der Waals surface area contributed by atoms with Gasteiger partial charge in [-0.15, -0.1) is 11.3 Å². The van der Waals surface area contributed by atoms with Gasteiger partial charge < -0.3 is 14.6 Å². The summed E-state index contributed by atoms with van der Waals surface area (Å²) in [5.74, 6) is -1.35. The van der Waals surface area contributed by atoms with Gasteiger partial charge in [-0.1, -0.05) is 22.8 Å². The largest absolute Gasteiger partial charge is 0.465 e. The van der Waals surface area contributed by atoms with E-state index in [2.05, 4.69) is 15.5 Å². The molecule has 2 aromatic heterocycles. The van der Waals surface area contributed by atoms with Crippen LogP contribution in [0, 0.1) is 27.7 Å². The normalized spacial score (nSPS) is 16.9. The maximum Gasteiger partial charge on any atom is 0.338 e. The number of anilines is 1. The van der Waals surface area contributed by atoms with Gasteiger partial charge in [0.2, 0.25) is 20.5 Å². The lowest BCUT2D eigenvalue weighted by Gasteiger charge is -2.22. The fourth-order valence-corrected chi connectivity index (χ4v) is 7.44. The predicted molar refractivity (Wildman–Crippen MR) is 137 cm³/mol. The Morgan fingerprint density at radius 3 is 2.50 bits per heavy atom. The smallest absolute Gasteiger partial charge is 0.338 e. The number of esters is 1. The second kappa shape index (κ2) is 9.30. The van der Waals surface area contributed by atoms with Gasteiger partial charge in [0.1, 0.15) is 9.90 Å². The lowest BCUT2D eigenvalue weighted by atomic mass is 9.97. The van der Waals surface area contributed by atoms with Crippen molar-refractivity contribution < 1.29 is 27.3 Å². The summed E-state index contributed by atoms with van der Waals surface area (Å²) in [6.07, 6.45) is 4.13. The fraction of sp³-hybridized carbons (Fsp3) is 0.250. The van der Waals surface area contributed by atoms with Crippen molar-refractivity contribution in [3.63, 3.8) is 0 Å². The summed E-state index contributed by atoms with van der Waals surface area (Å²) in [4.78, 5) is 27.6. The van der Waals surface area contributed by atoms with Crippen LogP contribution in [0.3, 0.4) is 0 Å². The second-order valence-electron chi connectivity index (χ2n) is 8.19. The standard InChI is InChI=1S/C24H22ClN3O6S2/c1-12-11-13(2)19(14(3)17(12)23(30)33-5)27-22(29)20-16(7-10-35-20)36(31,32)24(8-6-9-26-24)21-18(25)15(4)28-34-21/h6-11H,1-5H3,(H,27,29). The highest BCUT2D eigenvalue weighted by Crippen LogP contribution is 2.45. The van der Waals surface area contributed by atoms with Crippen LogP contribution in [0.4, 0.5) is 5.69 Å². The van der Waals surface area contributed by atoms with Crippen LogP contribution in [-0.2, 0) is 19.4 Å². The zero-order chi connectivity index (χ0) is 26.4. The number of aryl methyl sites for hydroxylation is 3. The first-order valence-corrected chi connectivity index (χ1v) is 13.4. The summed E-state index contributed by atoms with van der Waals surface area (Å²) < 4.78 is 38.1. The Hall–Kier alpha value is -3.28. The Kier molecular flexibility index (Phi) is 6.67. The molecule has 1 atom stereocenters. The summed E-state index contributed by atoms with van der Waals surface area (Å²) in [5, 5.41) is 8.09. The van der Waals surface area contributed by atoms with Crippen molar-refractivity contribution in [3.8, 4) is 0 Å². The third kappa shape index (κ3) is 3.87. The third-order valence-electron chi connectivity index (χ3n) is 5.93. The average Bonchev–Trinajstić information content (AvgIpc) is 3.58. The number of hydrogen-bond donors (Lipinski definition) is 1. The van der Waals surface area contributed by atoms with E-state index in [1.165, 1.54) is 36.9 Å². The molecule has 12 heteroatoms. The van der Waals surface area contributed by atoms with Crippen molar-refractivity contribution in [2.45, 2.75) is 37.5 Å². The van der Waals surface area contributed by atoms with Crippen LogP contribution < -0.4 is 5.32 Å². The number of hydrogen-bond acceptors (Lipinski definition) is 9. The number of rotatable bonds is 6. The molecule has 0 saturated heterocycles. The number of nitrogens with zero attached hydrogens (tertiary/aromatic N) is 2. The van der Waals surface area contributed by atoms with E-state index < -0.39 is 26.6 Å². The number of amides is 1. The first-order chi connectivity index (χ1) is 17.0. The van der Waals surface area contributed by atoms with Gasteiger partial charge >= 0.3 is 5.97 Å². The van der Waals surface area contributed by atoms with Gasteiger partial charge in [0.25, 0.3) is 5.91 Å². The summed E-state index contributed by atoms with van der Waals surface area (Å²) in [6.45, 7) is 6.82. The highest BCUT2D eigenvalue weighted by molar-refractivity contribution is 7.92. The molecular weight excluding hydrogens is 526 g/mol. The molecule has 1 N–H and O–H groups in total. The molecule has 1 amide bonds. The molecule has 1 aliphatic heterocycles. The monoisotopic (exact) mass is 547 g/mol. The Morgan fingerprint density at radius 1 is 1.19 bits per heavy atom.